The molecule has 2 amide bonds. The maximum absolute atomic E-state index is 13.1. The molecule has 3 rings (SSSR count). The molecule has 7 heteroatoms. The standard InChI is InChI=1S/C24H33N3O4/c1-17-9-7-8-13-24(17,16-25-22(30)31-23(2,3)4)26-21(29)15-27-14-12-20(28)18-10-5-6-11-19(18)27/h5-6,10-12,14,17H,7-9,13,15-16H2,1-4H3,(H,25,30)(H,26,29)/t17-,24+/m1/s1. The molecule has 0 saturated heterocycles. The van der Waals surface area contributed by atoms with Crippen LogP contribution in [0.5, 0.6) is 0 Å². The molecule has 2 aromatic rings. The van der Waals surface area contributed by atoms with Crippen LogP contribution < -0.4 is 16.1 Å². The van der Waals surface area contributed by atoms with E-state index in [9.17, 15) is 14.4 Å². The normalized spacial score (nSPS) is 21.5. The third-order valence-electron chi connectivity index (χ3n) is 5.99. The van der Waals surface area contributed by atoms with Crippen molar-refractivity contribution in [1.29, 1.82) is 0 Å². The summed E-state index contributed by atoms with van der Waals surface area (Å²) in [4.78, 5) is 37.4. The fraction of sp³-hybridized carbons (Fsp3) is 0.542. The molecule has 1 aromatic carbocycles. The van der Waals surface area contributed by atoms with Crippen LogP contribution in [0.3, 0.4) is 0 Å². The first-order chi connectivity index (χ1) is 14.6. The zero-order valence-electron chi connectivity index (χ0n) is 18.9. The predicted molar refractivity (Wildman–Crippen MR) is 121 cm³/mol. The SMILES string of the molecule is C[C@@H]1CCCC[C@@]1(CNC(=O)OC(C)(C)C)NC(=O)Cn1ccc(=O)c2ccccc21. The fourth-order valence-electron chi connectivity index (χ4n) is 4.32. The number of hydrogen-bond donors (Lipinski definition) is 2. The van der Waals surface area contributed by atoms with Crippen LogP contribution in [0.2, 0.25) is 0 Å². The van der Waals surface area contributed by atoms with Crippen molar-refractivity contribution in [2.24, 2.45) is 5.92 Å². The van der Waals surface area contributed by atoms with Crippen molar-refractivity contribution in [3.63, 3.8) is 0 Å². The van der Waals surface area contributed by atoms with E-state index in [1.165, 1.54) is 6.07 Å². The summed E-state index contributed by atoms with van der Waals surface area (Å²) in [5.74, 6) is 0.0689. The van der Waals surface area contributed by atoms with Crippen molar-refractivity contribution in [2.75, 3.05) is 6.54 Å². The van der Waals surface area contributed by atoms with Crippen LogP contribution in [0.25, 0.3) is 10.9 Å². The van der Waals surface area contributed by atoms with Gasteiger partial charge in [0.15, 0.2) is 5.43 Å². The van der Waals surface area contributed by atoms with Gasteiger partial charge in [-0.15, -0.1) is 0 Å². The van der Waals surface area contributed by atoms with Crippen molar-refractivity contribution >= 4 is 22.9 Å². The third kappa shape index (κ3) is 5.66. The highest BCUT2D eigenvalue weighted by Crippen LogP contribution is 2.33. The molecule has 0 aliphatic heterocycles. The van der Waals surface area contributed by atoms with Gasteiger partial charge in [0.1, 0.15) is 12.1 Å². The number of aromatic nitrogens is 1. The summed E-state index contributed by atoms with van der Waals surface area (Å²) in [6, 6.07) is 8.76. The van der Waals surface area contributed by atoms with E-state index < -0.39 is 17.2 Å². The van der Waals surface area contributed by atoms with Crippen LogP contribution in [0.15, 0.2) is 41.3 Å². The summed E-state index contributed by atoms with van der Waals surface area (Å²) in [5, 5.41) is 6.67. The van der Waals surface area contributed by atoms with E-state index in [0.717, 1.165) is 31.2 Å². The maximum atomic E-state index is 13.1. The van der Waals surface area contributed by atoms with Gasteiger partial charge in [-0.1, -0.05) is 31.9 Å². The Morgan fingerprint density at radius 2 is 1.94 bits per heavy atom. The van der Waals surface area contributed by atoms with Crippen molar-refractivity contribution in [2.45, 2.75) is 71.1 Å². The molecule has 168 valence electrons. The molecule has 1 saturated carbocycles. The number of alkyl carbamates (subject to hydrolysis) is 1. The largest absolute Gasteiger partial charge is 0.444 e. The van der Waals surface area contributed by atoms with Gasteiger partial charge in [0.2, 0.25) is 5.91 Å². The van der Waals surface area contributed by atoms with Crippen LogP contribution in [0, 0.1) is 5.92 Å². The minimum atomic E-state index is -0.579. The predicted octanol–water partition coefficient (Wildman–Crippen LogP) is 3.59. The average Bonchev–Trinajstić information content (AvgIpc) is 2.70. The molecule has 0 spiro atoms. The van der Waals surface area contributed by atoms with Gasteiger partial charge in [-0.3, -0.25) is 9.59 Å². The second-order valence-electron chi connectivity index (χ2n) is 9.53. The molecule has 1 aromatic heterocycles. The Labute approximate surface area is 183 Å². The number of fused-ring (bicyclic) bond motifs is 1. The van der Waals surface area contributed by atoms with E-state index in [-0.39, 0.29) is 23.8 Å². The Hall–Kier alpha value is -2.83. The number of amides is 2. The molecule has 0 unspecified atom stereocenters. The summed E-state index contributed by atoms with van der Waals surface area (Å²) >= 11 is 0. The number of nitrogens with zero attached hydrogens (tertiary/aromatic N) is 1. The van der Waals surface area contributed by atoms with Gasteiger partial charge in [0.05, 0.1) is 11.1 Å². The summed E-state index contributed by atoms with van der Waals surface area (Å²) < 4.78 is 7.16. The number of para-hydroxylation sites is 1. The number of ether oxygens (including phenoxy) is 1. The molecule has 1 heterocycles. The molecule has 1 aliphatic rings. The zero-order chi connectivity index (χ0) is 22.6. The number of carbonyl (C=O) groups is 2. The quantitative estimate of drug-likeness (QED) is 0.763. The van der Waals surface area contributed by atoms with Crippen molar-refractivity contribution < 1.29 is 14.3 Å². The number of hydrogen-bond acceptors (Lipinski definition) is 4. The van der Waals surface area contributed by atoms with Crippen molar-refractivity contribution in [3.8, 4) is 0 Å². The Bertz CT molecular complexity index is 1010. The van der Waals surface area contributed by atoms with E-state index in [1.807, 2.05) is 39.0 Å². The van der Waals surface area contributed by atoms with Crippen molar-refractivity contribution in [1.82, 2.24) is 15.2 Å². The molecule has 2 atom stereocenters. The first kappa shape index (κ1) is 22.8. The summed E-state index contributed by atoms with van der Waals surface area (Å²) in [6.45, 7) is 8.00. The highest BCUT2D eigenvalue weighted by atomic mass is 16.6. The Morgan fingerprint density at radius 3 is 2.65 bits per heavy atom. The van der Waals surface area contributed by atoms with Gasteiger partial charge in [-0.25, -0.2) is 4.79 Å². The third-order valence-corrected chi connectivity index (χ3v) is 5.99. The maximum Gasteiger partial charge on any atom is 0.407 e. The van der Waals surface area contributed by atoms with Crippen LogP contribution in [-0.4, -0.2) is 34.3 Å². The van der Waals surface area contributed by atoms with Crippen LogP contribution in [0.4, 0.5) is 4.79 Å². The van der Waals surface area contributed by atoms with Gasteiger partial charge in [0, 0.05) is 24.2 Å². The lowest BCUT2D eigenvalue weighted by Crippen LogP contribution is -2.61. The Kier molecular flexibility index (Phi) is 6.72. The lowest BCUT2D eigenvalue weighted by molar-refractivity contribution is -0.124. The van der Waals surface area contributed by atoms with E-state index in [4.69, 9.17) is 4.74 Å². The second kappa shape index (κ2) is 9.12. The summed E-state index contributed by atoms with van der Waals surface area (Å²) in [7, 11) is 0. The van der Waals surface area contributed by atoms with Crippen LogP contribution >= 0.6 is 0 Å². The molecule has 1 fully saturated rings. The molecule has 31 heavy (non-hydrogen) atoms. The summed E-state index contributed by atoms with van der Waals surface area (Å²) in [5.41, 5.74) is -0.445. The lowest BCUT2D eigenvalue weighted by atomic mass is 9.73. The van der Waals surface area contributed by atoms with E-state index in [1.54, 1.807) is 16.8 Å². The number of carbonyl (C=O) groups excluding carboxylic acids is 2. The topological polar surface area (TPSA) is 89.4 Å². The molecule has 0 radical (unpaired) electrons. The average molecular weight is 428 g/mol. The minimum Gasteiger partial charge on any atom is -0.444 e. The lowest BCUT2D eigenvalue weighted by Gasteiger charge is -2.43. The fourth-order valence-corrected chi connectivity index (χ4v) is 4.32. The Balaban J connectivity index is 1.76. The highest BCUT2D eigenvalue weighted by molar-refractivity contribution is 5.82. The Morgan fingerprint density at radius 1 is 1.19 bits per heavy atom. The second-order valence-corrected chi connectivity index (χ2v) is 9.53. The summed E-state index contributed by atoms with van der Waals surface area (Å²) in [6.07, 6.45) is 5.04. The monoisotopic (exact) mass is 427 g/mol. The number of benzene rings is 1. The van der Waals surface area contributed by atoms with Gasteiger partial charge < -0.3 is 19.9 Å². The first-order valence-corrected chi connectivity index (χ1v) is 11.0. The van der Waals surface area contributed by atoms with Crippen LogP contribution in [-0.2, 0) is 16.1 Å². The molecule has 2 N–H and O–H groups in total. The number of pyridine rings is 1. The van der Waals surface area contributed by atoms with Crippen LogP contribution in [0.1, 0.15) is 53.4 Å². The number of nitrogens with one attached hydrogen (secondary N) is 2. The van der Waals surface area contributed by atoms with E-state index in [2.05, 4.69) is 17.6 Å². The highest BCUT2D eigenvalue weighted by Gasteiger charge is 2.40. The van der Waals surface area contributed by atoms with E-state index >= 15 is 0 Å². The molecule has 7 nitrogen and oxygen atoms in total. The van der Waals surface area contributed by atoms with Gasteiger partial charge in [-0.2, -0.15) is 0 Å². The minimum absolute atomic E-state index is 0.0637. The molecule has 1 aliphatic carbocycles. The molecule has 0 bridgehead atoms. The van der Waals surface area contributed by atoms with Gasteiger partial charge in [0.25, 0.3) is 0 Å². The molecular formula is C24H33N3O4. The van der Waals surface area contributed by atoms with Gasteiger partial charge >= 0.3 is 6.09 Å². The van der Waals surface area contributed by atoms with Crippen molar-refractivity contribution in [3.05, 3.63) is 46.8 Å². The number of rotatable bonds is 5. The van der Waals surface area contributed by atoms with E-state index in [0.29, 0.717) is 11.9 Å². The van der Waals surface area contributed by atoms with Gasteiger partial charge in [-0.05, 0) is 51.7 Å². The smallest absolute Gasteiger partial charge is 0.407 e. The molecular weight excluding hydrogens is 394 g/mol. The first-order valence-electron chi connectivity index (χ1n) is 11.0. The zero-order valence-corrected chi connectivity index (χ0v) is 18.9.